The smallest absolute Gasteiger partial charge is 0.313 e. The van der Waals surface area contributed by atoms with Gasteiger partial charge in [0.2, 0.25) is 0 Å². The van der Waals surface area contributed by atoms with E-state index in [2.05, 4.69) is 5.32 Å². The number of methoxy groups -OCH3 is 2. The first-order valence-corrected chi connectivity index (χ1v) is 7.54. The van der Waals surface area contributed by atoms with Gasteiger partial charge in [0.05, 0.1) is 19.6 Å². The Bertz CT molecular complexity index is 666. The van der Waals surface area contributed by atoms with Gasteiger partial charge >= 0.3 is 5.97 Å². The van der Waals surface area contributed by atoms with E-state index >= 15 is 0 Å². The molecular formula is C19H23NO3. The molecule has 0 saturated heterocycles. The van der Waals surface area contributed by atoms with Crippen molar-refractivity contribution in [3.8, 4) is 16.9 Å². The second kappa shape index (κ2) is 7.18. The van der Waals surface area contributed by atoms with E-state index in [0.29, 0.717) is 6.54 Å². The summed E-state index contributed by atoms with van der Waals surface area (Å²) in [5, 5.41) is 3.36. The number of benzene rings is 2. The van der Waals surface area contributed by atoms with E-state index in [-0.39, 0.29) is 5.97 Å². The highest BCUT2D eigenvalue weighted by atomic mass is 16.5. The van der Waals surface area contributed by atoms with Crippen molar-refractivity contribution in [2.45, 2.75) is 13.8 Å². The molecule has 4 nitrogen and oxygen atoms in total. The summed E-state index contributed by atoms with van der Waals surface area (Å²) in [5.74, 6) is 0.547. The van der Waals surface area contributed by atoms with E-state index in [1.807, 2.05) is 62.4 Å². The fraction of sp³-hybridized carbons (Fsp3) is 0.316. The summed E-state index contributed by atoms with van der Waals surface area (Å²) in [4.78, 5) is 11.8. The molecule has 23 heavy (non-hydrogen) atoms. The van der Waals surface area contributed by atoms with Crippen molar-refractivity contribution in [2.75, 3.05) is 26.1 Å². The Morgan fingerprint density at radius 2 is 1.74 bits per heavy atom. The molecule has 0 bridgehead atoms. The number of esters is 1. The molecule has 0 heterocycles. The summed E-state index contributed by atoms with van der Waals surface area (Å²) in [6, 6.07) is 15.9. The highest BCUT2D eigenvalue weighted by molar-refractivity contribution is 5.84. The topological polar surface area (TPSA) is 47.6 Å². The Balaban J connectivity index is 2.34. The lowest BCUT2D eigenvalue weighted by molar-refractivity contribution is -0.149. The lowest BCUT2D eigenvalue weighted by Gasteiger charge is -2.24. The molecule has 2 aromatic rings. The molecule has 0 aliphatic heterocycles. The third-order valence-electron chi connectivity index (χ3n) is 3.77. The van der Waals surface area contributed by atoms with Crippen molar-refractivity contribution in [1.29, 1.82) is 0 Å². The summed E-state index contributed by atoms with van der Waals surface area (Å²) in [5.41, 5.74) is 2.35. The second-order valence-electron chi connectivity index (χ2n) is 5.98. The summed E-state index contributed by atoms with van der Waals surface area (Å²) in [6.07, 6.45) is 0. The van der Waals surface area contributed by atoms with E-state index in [1.165, 1.54) is 7.11 Å². The lowest BCUT2D eigenvalue weighted by atomic mass is 9.93. The molecule has 0 fully saturated rings. The molecule has 0 aliphatic rings. The zero-order valence-electron chi connectivity index (χ0n) is 14.1. The fourth-order valence-corrected chi connectivity index (χ4v) is 2.42. The number of carbonyl (C=O) groups is 1. The zero-order valence-corrected chi connectivity index (χ0v) is 14.1. The van der Waals surface area contributed by atoms with Crippen molar-refractivity contribution in [3.63, 3.8) is 0 Å². The van der Waals surface area contributed by atoms with E-state index in [9.17, 15) is 4.79 Å². The van der Waals surface area contributed by atoms with Crippen LogP contribution >= 0.6 is 0 Å². The zero-order chi connectivity index (χ0) is 16.9. The molecule has 0 saturated carbocycles. The molecule has 0 atom stereocenters. The minimum absolute atomic E-state index is 0.242. The number of carbonyl (C=O) groups excluding carboxylic acids is 1. The number of ether oxygens (including phenoxy) is 2. The van der Waals surface area contributed by atoms with Gasteiger partial charge in [-0.15, -0.1) is 0 Å². The Morgan fingerprint density at radius 3 is 2.35 bits per heavy atom. The van der Waals surface area contributed by atoms with Crippen molar-refractivity contribution in [1.82, 2.24) is 0 Å². The van der Waals surface area contributed by atoms with Crippen LogP contribution in [0.5, 0.6) is 5.75 Å². The van der Waals surface area contributed by atoms with Crippen LogP contribution in [0.25, 0.3) is 11.1 Å². The molecule has 2 rings (SSSR count). The molecule has 2 aromatic carbocycles. The van der Waals surface area contributed by atoms with Gasteiger partial charge in [-0.05, 0) is 31.5 Å². The molecule has 0 aromatic heterocycles. The van der Waals surface area contributed by atoms with E-state index in [0.717, 1.165) is 22.6 Å². The van der Waals surface area contributed by atoms with E-state index < -0.39 is 5.41 Å². The molecule has 0 amide bonds. The quantitative estimate of drug-likeness (QED) is 0.820. The number of anilines is 1. The lowest BCUT2D eigenvalue weighted by Crippen LogP contribution is -2.33. The predicted molar refractivity (Wildman–Crippen MR) is 92.7 cm³/mol. The molecule has 0 spiro atoms. The molecule has 1 N–H and O–H groups in total. The Hall–Kier alpha value is -2.49. The monoisotopic (exact) mass is 313 g/mol. The van der Waals surface area contributed by atoms with Crippen molar-refractivity contribution < 1.29 is 14.3 Å². The minimum atomic E-state index is -0.619. The van der Waals surface area contributed by atoms with Crippen molar-refractivity contribution in [2.24, 2.45) is 5.41 Å². The van der Waals surface area contributed by atoms with Crippen LogP contribution in [0.3, 0.4) is 0 Å². The van der Waals surface area contributed by atoms with E-state index in [4.69, 9.17) is 9.47 Å². The fourth-order valence-electron chi connectivity index (χ4n) is 2.42. The van der Waals surface area contributed by atoms with Crippen LogP contribution in [0.4, 0.5) is 5.69 Å². The number of hydrogen-bond acceptors (Lipinski definition) is 4. The summed E-state index contributed by atoms with van der Waals surface area (Å²) in [7, 11) is 3.06. The highest BCUT2D eigenvalue weighted by Crippen LogP contribution is 2.37. The van der Waals surface area contributed by atoms with Gasteiger partial charge in [-0.2, -0.15) is 0 Å². The maximum absolute atomic E-state index is 11.8. The average Bonchev–Trinajstić information content (AvgIpc) is 2.59. The summed E-state index contributed by atoms with van der Waals surface area (Å²) < 4.78 is 10.4. The Kier molecular flexibility index (Phi) is 5.27. The normalized spacial score (nSPS) is 11.0. The van der Waals surface area contributed by atoms with E-state index in [1.54, 1.807) is 7.11 Å². The molecular weight excluding hydrogens is 290 g/mol. The molecule has 4 heteroatoms. The van der Waals surface area contributed by atoms with Crippen LogP contribution in [0, 0.1) is 5.41 Å². The summed E-state index contributed by atoms with van der Waals surface area (Å²) in [6.45, 7) is 4.18. The number of rotatable bonds is 6. The van der Waals surface area contributed by atoms with Crippen LogP contribution in [-0.4, -0.2) is 26.7 Å². The standard InChI is InChI=1S/C19H23NO3/c1-19(2,18(21)23-4)13-20-15-11-8-12-16(22-3)17(15)14-9-6-5-7-10-14/h5-12,20H,13H2,1-4H3. The largest absolute Gasteiger partial charge is 0.496 e. The van der Waals surface area contributed by atoms with Gasteiger partial charge in [-0.3, -0.25) is 4.79 Å². The number of hydrogen-bond donors (Lipinski definition) is 1. The first-order chi connectivity index (χ1) is 11.0. The SMILES string of the molecule is COC(=O)C(C)(C)CNc1cccc(OC)c1-c1ccccc1. The number of nitrogens with one attached hydrogen (secondary N) is 1. The third kappa shape index (κ3) is 3.83. The van der Waals surface area contributed by atoms with Gasteiger partial charge in [-0.1, -0.05) is 36.4 Å². The molecule has 0 aliphatic carbocycles. The Labute approximate surface area is 137 Å². The summed E-state index contributed by atoms with van der Waals surface area (Å²) >= 11 is 0. The maximum Gasteiger partial charge on any atom is 0.313 e. The van der Waals surface area contributed by atoms with Crippen LogP contribution < -0.4 is 10.1 Å². The van der Waals surface area contributed by atoms with Crippen LogP contribution in [0.2, 0.25) is 0 Å². The second-order valence-corrected chi connectivity index (χ2v) is 5.98. The molecule has 122 valence electrons. The van der Waals surface area contributed by atoms with Gasteiger partial charge in [0, 0.05) is 17.8 Å². The van der Waals surface area contributed by atoms with Crippen molar-refractivity contribution >= 4 is 11.7 Å². The minimum Gasteiger partial charge on any atom is -0.496 e. The Morgan fingerprint density at radius 1 is 1.04 bits per heavy atom. The van der Waals surface area contributed by atoms with Gasteiger partial charge in [-0.25, -0.2) is 0 Å². The van der Waals surface area contributed by atoms with Crippen molar-refractivity contribution in [3.05, 3.63) is 48.5 Å². The first kappa shape index (κ1) is 16.9. The highest BCUT2D eigenvalue weighted by Gasteiger charge is 2.28. The van der Waals surface area contributed by atoms with Gasteiger partial charge in [0.15, 0.2) is 0 Å². The van der Waals surface area contributed by atoms with Crippen LogP contribution in [-0.2, 0) is 9.53 Å². The first-order valence-electron chi connectivity index (χ1n) is 7.54. The maximum atomic E-state index is 11.8. The predicted octanol–water partition coefficient (Wildman–Crippen LogP) is 3.97. The average molecular weight is 313 g/mol. The van der Waals surface area contributed by atoms with Gasteiger partial charge < -0.3 is 14.8 Å². The molecule has 0 radical (unpaired) electrons. The molecule has 0 unspecified atom stereocenters. The van der Waals surface area contributed by atoms with Gasteiger partial charge in [0.1, 0.15) is 5.75 Å². The van der Waals surface area contributed by atoms with Crippen LogP contribution in [0.1, 0.15) is 13.8 Å². The third-order valence-corrected chi connectivity index (χ3v) is 3.77. The van der Waals surface area contributed by atoms with Gasteiger partial charge in [0.25, 0.3) is 0 Å². The van der Waals surface area contributed by atoms with Crippen LogP contribution in [0.15, 0.2) is 48.5 Å².